The summed E-state index contributed by atoms with van der Waals surface area (Å²) in [5.41, 5.74) is 2.72. The van der Waals surface area contributed by atoms with Crippen LogP contribution in [0, 0.1) is 6.92 Å². The number of para-hydroxylation sites is 1. The van der Waals surface area contributed by atoms with Gasteiger partial charge in [0, 0.05) is 17.2 Å². The Morgan fingerprint density at radius 1 is 1.18 bits per heavy atom. The largest absolute Gasteiger partial charge is 0.493 e. The highest BCUT2D eigenvalue weighted by atomic mass is 16.6. The summed E-state index contributed by atoms with van der Waals surface area (Å²) in [6, 6.07) is 15.2. The molecule has 0 saturated heterocycles. The molecule has 0 bridgehead atoms. The first kappa shape index (κ1) is 19.4. The van der Waals surface area contributed by atoms with Gasteiger partial charge in [0.2, 0.25) is 5.89 Å². The van der Waals surface area contributed by atoms with E-state index in [1.807, 2.05) is 62.4 Å². The molecule has 0 amide bonds. The zero-order valence-corrected chi connectivity index (χ0v) is 16.1. The Bertz CT molecular complexity index is 978. The summed E-state index contributed by atoms with van der Waals surface area (Å²) >= 11 is 0. The van der Waals surface area contributed by atoms with Crippen LogP contribution in [-0.4, -0.2) is 22.8 Å². The van der Waals surface area contributed by atoms with E-state index in [-0.39, 0.29) is 5.89 Å². The predicted molar refractivity (Wildman–Crippen MR) is 106 cm³/mol. The molecule has 144 valence electrons. The van der Waals surface area contributed by atoms with Crippen LogP contribution in [0.3, 0.4) is 0 Å². The molecule has 0 fully saturated rings. The van der Waals surface area contributed by atoms with E-state index in [2.05, 4.69) is 10.2 Å². The van der Waals surface area contributed by atoms with Gasteiger partial charge in [-0.2, -0.15) is 0 Å². The minimum atomic E-state index is -0.662. The molecule has 6 nitrogen and oxygen atoms in total. The van der Waals surface area contributed by atoms with Gasteiger partial charge in [-0.25, -0.2) is 4.79 Å². The average molecular weight is 378 g/mol. The van der Waals surface area contributed by atoms with Gasteiger partial charge in [0.1, 0.15) is 5.75 Å². The van der Waals surface area contributed by atoms with E-state index in [4.69, 9.17) is 13.9 Å². The summed E-state index contributed by atoms with van der Waals surface area (Å²) in [5.74, 6) is 0.839. The molecule has 28 heavy (non-hydrogen) atoms. The van der Waals surface area contributed by atoms with Gasteiger partial charge < -0.3 is 13.9 Å². The lowest BCUT2D eigenvalue weighted by molar-refractivity contribution is -0.143. The Hall–Kier alpha value is -3.41. The lowest BCUT2D eigenvalue weighted by Crippen LogP contribution is -2.06. The van der Waals surface area contributed by atoms with Crippen LogP contribution in [0.5, 0.6) is 5.75 Å². The molecule has 0 radical (unpaired) electrons. The molecule has 3 rings (SSSR count). The number of benzene rings is 2. The Labute approximate surface area is 163 Å². The average Bonchev–Trinajstić information content (AvgIpc) is 3.18. The maximum Gasteiger partial charge on any atom is 0.331 e. The molecule has 1 aromatic heterocycles. The summed E-state index contributed by atoms with van der Waals surface area (Å²) in [6.45, 7) is 6.13. The van der Waals surface area contributed by atoms with Crippen LogP contribution >= 0.6 is 0 Å². The first-order chi connectivity index (χ1) is 13.6. The van der Waals surface area contributed by atoms with E-state index in [0.717, 1.165) is 16.7 Å². The molecule has 1 unspecified atom stereocenters. The van der Waals surface area contributed by atoms with Crippen molar-refractivity contribution in [3.05, 3.63) is 71.6 Å². The van der Waals surface area contributed by atoms with Crippen molar-refractivity contribution < 1.29 is 18.7 Å². The third-order valence-corrected chi connectivity index (χ3v) is 3.96. The molecule has 1 heterocycles. The Morgan fingerprint density at radius 3 is 2.79 bits per heavy atom. The van der Waals surface area contributed by atoms with Crippen LogP contribution in [0.1, 0.15) is 37.0 Å². The summed E-state index contributed by atoms with van der Waals surface area (Å²) in [5, 5.41) is 8.03. The summed E-state index contributed by atoms with van der Waals surface area (Å²) in [4.78, 5) is 12.2. The molecule has 0 aliphatic rings. The maximum atomic E-state index is 12.2. The third-order valence-electron chi connectivity index (χ3n) is 3.96. The molecule has 0 saturated carbocycles. The zero-order valence-electron chi connectivity index (χ0n) is 16.1. The molecule has 0 aliphatic heterocycles. The number of ether oxygens (including phenoxy) is 2. The molecule has 2 aromatic carbocycles. The van der Waals surface area contributed by atoms with Gasteiger partial charge in [-0.05, 0) is 45.0 Å². The van der Waals surface area contributed by atoms with Gasteiger partial charge in [0.15, 0.2) is 6.10 Å². The molecular formula is C22H22N2O4. The van der Waals surface area contributed by atoms with E-state index < -0.39 is 12.1 Å². The summed E-state index contributed by atoms with van der Waals surface area (Å²) in [7, 11) is 0. The highest BCUT2D eigenvalue weighted by molar-refractivity contribution is 5.87. The minimum Gasteiger partial charge on any atom is -0.493 e. The standard InChI is InChI=1S/C22H22N2O4/c1-4-26-19-11-6-5-9-17(19)12-13-20(25)27-16(3)21-23-24-22(28-21)18-10-7-8-15(2)14-18/h5-14,16H,4H2,1-3H3/b13-12+. The highest BCUT2D eigenvalue weighted by Crippen LogP contribution is 2.23. The molecule has 6 heteroatoms. The second-order valence-corrected chi connectivity index (χ2v) is 6.20. The van der Waals surface area contributed by atoms with Crippen LogP contribution in [0.4, 0.5) is 0 Å². The van der Waals surface area contributed by atoms with Crippen molar-refractivity contribution in [3.8, 4) is 17.2 Å². The SMILES string of the molecule is CCOc1ccccc1/C=C/C(=O)OC(C)c1nnc(-c2cccc(C)c2)o1. The van der Waals surface area contributed by atoms with Gasteiger partial charge in [0.25, 0.3) is 5.89 Å². The van der Waals surface area contributed by atoms with E-state index >= 15 is 0 Å². The fourth-order valence-electron chi connectivity index (χ4n) is 2.62. The number of rotatable bonds is 7. The molecule has 0 spiro atoms. The van der Waals surface area contributed by atoms with Crippen molar-refractivity contribution >= 4 is 12.0 Å². The third kappa shape index (κ3) is 4.85. The monoisotopic (exact) mass is 378 g/mol. The van der Waals surface area contributed by atoms with E-state index in [1.54, 1.807) is 13.0 Å². The van der Waals surface area contributed by atoms with Crippen LogP contribution < -0.4 is 4.74 Å². The van der Waals surface area contributed by atoms with Gasteiger partial charge in [-0.3, -0.25) is 0 Å². The highest BCUT2D eigenvalue weighted by Gasteiger charge is 2.18. The van der Waals surface area contributed by atoms with Gasteiger partial charge in [-0.15, -0.1) is 10.2 Å². The maximum absolute atomic E-state index is 12.2. The number of carbonyl (C=O) groups is 1. The predicted octanol–water partition coefficient (Wildman–Crippen LogP) is 4.76. The quantitative estimate of drug-likeness (QED) is 0.436. The fraction of sp³-hybridized carbons (Fsp3) is 0.227. The first-order valence-corrected chi connectivity index (χ1v) is 9.07. The van der Waals surface area contributed by atoms with Crippen LogP contribution in [0.15, 0.2) is 59.0 Å². The number of hydrogen-bond acceptors (Lipinski definition) is 6. The van der Waals surface area contributed by atoms with Crippen molar-refractivity contribution in [2.24, 2.45) is 0 Å². The number of aromatic nitrogens is 2. The molecule has 0 N–H and O–H groups in total. The van der Waals surface area contributed by atoms with Crippen molar-refractivity contribution in [3.63, 3.8) is 0 Å². The van der Waals surface area contributed by atoms with Crippen LogP contribution in [0.25, 0.3) is 17.5 Å². The summed E-state index contributed by atoms with van der Waals surface area (Å²) < 4.78 is 16.6. The van der Waals surface area contributed by atoms with E-state index in [0.29, 0.717) is 18.2 Å². The van der Waals surface area contributed by atoms with Gasteiger partial charge in [-0.1, -0.05) is 35.9 Å². The Morgan fingerprint density at radius 2 is 2.00 bits per heavy atom. The minimum absolute atomic E-state index is 0.243. The van der Waals surface area contributed by atoms with E-state index in [1.165, 1.54) is 6.08 Å². The second kappa shape index (κ2) is 8.99. The smallest absolute Gasteiger partial charge is 0.331 e. The number of esters is 1. The Kier molecular flexibility index (Phi) is 6.22. The number of carbonyl (C=O) groups excluding carboxylic acids is 1. The van der Waals surface area contributed by atoms with Crippen molar-refractivity contribution in [1.29, 1.82) is 0 Å². The van der Waals surface area contributed by atoms with Crippen LogP contribution in [-0.2, 0) is 9.53 Å². The van der Waals surface area contributed by atoms with E-state index in [9.17, 15) is 4.79 Å². The van der Waals surface area contributed by atoms with Crippen molar-refractivity contribution in [2.75, 3.05) is 6.61 Å². The fourth-order valence-corrected chi connectivity index (χ4v) is 2.62. The topological polar surface area (TPSA) is 74.5 Å². The Balaban J connectivity index is 1.65. The molecule has 0 aliphatic carbocycles. The normalized spacial score (nSPS) is 12.1. The number of aryl methyl sites for hydroxylation is 1. The second-order valence-electron chi connectivity index (χ2n) is 6.20. The zero-order chi connectivity index (χ0) is 19.9. The van der Waals surface area contributed by atoms with Gasteiger partial charge in [0.05, 0.1) is 6.61 Å². The lowest BCUT2D eigenvalue weighted by atomic mass is 10.1. The summed E-state index contributed by atoms with van der Waals surface area (Å²) in [6.07, 6.45) is 2.35. The van der Waals surface area contributed by atoms with Gasteiger partial charge >= 0.3 is 5.97 Å². The molecule has 3 aromatic rings. The molecular weight excluding hydrogens is 356 g/mol. The van der Waals surface area contributed by atoms with Crippen molar-refractivity contribution in [1.82, 2.24) is 10.2 Å². The molecule has 1 atom stereocenters. The van der Waals surface area contributed by atoms with Crippen LogP contribution in [0.2, 0.25) is 0 Å². The first-order valence-electron chi connectivity index (χ1n) is 9.07. The van der Waals surface area contributed by atoms with Crippen molar-refractivity contribution in [2.45, 2.75) is 26.9 Å². The number of nitrogens with zero attached hydrogens (tertiary/aromatic N) is 2. The number of hydrogen-bond donors (Lipinski definition) is 0. The lowest BCUT2D eigenvalue weighted by Gasteiger charge is -2.08.